The third-order valence-electron chi connectivity index (χ3n) is 4.74. The van der Waals surface area contributed by atoms with Crippen LogP contribution in [-0.4, -0.2) is 12.6 Å². The topological polar surface area (TPSA) is 12.0 Å². The standard InChI is InChI=1S/C18H27ClFN/c1-3-5-13-7-9-18(21-4-2)15(10-13)11-14-6-8-16(19)17(20)12-14/h6,8,12-13,15,18,21H,3-5,7,9-11H2,1-2H3. The Bertz CT molecular complexity index is 449. The molecule has 0 saturated heterocycles. The highest BCUT2D eigenvalue weighted by Crippen LogP contribution is 2.34. The molecule has 2 rings (SSSR count). The summed E-state index contributed by atoms with van der Waals surface area (Å²) < 4.78 is 13.6. The van der Waals surface area contributed by atoms with Crippen molar-refractivity contribution in [3.05, 3.63) is 34.6 Å². The fraction of sp³-hybridized carbons (Fsp3) is 0.667. The molecular formula is C18H27ClFN. The zero-order chi connectivity index (χ0) is 15.2. The summed E-state index contributed by atoms with van der Waals surface area (Å²) in [6, 6.07) is 5.83. The lowest BCUT2D eigenvalue weighted by Crippen LogP contribution is -2.41. The van der Waals surface area contributed by atoms with Crippen LogP contribution < -0.4 is 5.32 Å². The van der Waals surface area contributed by atoms with Gasteiger partial charge in [0.2, 0.25) is 0 Å². The molecule has 3 heteroatoms. The summed E-state index contributed by atoms with van der Waals surface area (Å²) in [4.78, 5) is 0. The van der Waals surface area contributed by atoms with Gasteiger partial charge in [-0.25, -0.2) is 4.39 Å². The highest BCUT2D eigenvalue weighted by molar-refractivity contribution is 6.30. The monoisotopic (exact) mass is 311 g/mol. The van der Waals surface area contributed by atoms with Crippen LogP contribution in [-0.2, 0) is 6.42 Å². The van der Waals surface area contributed by atoms with Gasteiger partial charge in [0.15, 0.2) is 0 Å². The molecule has 1 N–H and O–H groups in total. The highest BCUT2D eigenvalue weighted by atomic mass is 35.5. The van der Waals surface area contributed by atoms with Gasteiger partial charge in [-0.1, -0.05) is 44.4 Å². The minimum absolute atomic E-state index is 0.217. The molecule has 21 heavy (non-hydrogen) atoms. The summed E-state index contributed by atoms with van der Waals surface area (Å²) in [5.41, 5.74) is 1.07. The number of hydrogen-bond acceptors (Lipinski definition) is 1. The van der Waals surface area contributed by atoms with E-state index in [-0.39, 0.29) is 10.8 Å². The lowest BCUT2D eigenvalue weighted by atomic mass is 9.74. The molecule has 0 aromatic heterocycles. The van der Waals surface area contributed by atoms with Gasteiger partial charge in [0.1, 0.15) is 5.82 Å². The van der Waals surface area contributed by atoms with E-state index >= 15 is 0 Å². The van der Waals surface area contributed by atoms with Crippen LogP contribution in [0, 0.1) is 17.7 Å². The van der Waals surface area contributed by atoms with Gasteiger partial charge < -0.3 is 5.32 Å². The van der Waals surface area contributed by atoms with Gasteiger partial charge >= 0.3 is 0 Å². The first kappa shape index (κ1) is 16.8. The maximum absolute atomic E-state index is 13.6. The van der Waals surface area contributed by atoms with Crippen molar-refractivity contribution >= 4 is 11.6 Å². The lowest BCUT2D eigenvalue weighted by molar-refractivity contribution is 0.195. The first-order valence-corrected chi connectivity index (χ1v) is 8.69. The summed E-state index contributed by atoms with van der Waals surface area (Å²) >= 11 is 5.78. The van der Waals surface area contributed by atoms with Crippen molar-refractivity contribution < 1.29 is 4.39 Å². The van der Waals surface area contributed by atoms with E-state index in [1.54, 1.807) is 12.1 Å². The van der Waals surface area contributed by atoms with E-state index in [4.69, 9.17) is 11.6 Å². The van der Waals surface area contributed by atoms with E-state index in [2.05, 4.69) is 19.2 Å². The minimum atomic E-state index is -0.296. The summed E-state index contributed by atoms with van der Waals surface area (Å²) in [5, 5.41) is 3.84. The van der Waals surface area contributed by atoms with Gasteiger partial charge in [0, 0.05) is 6.04 Å². The predicted molar refractivity (Wildman–Crippen MR) is 88.3 cm³/mol. The first-order valence-electron chi connectivity index (χ1n) is 8.31. The van der Waals surface area contributed by atoms with Crippen molar-refractivity contribution in [3.8, 4) is 0 Å². The fourth-order valence-corrected chi connectivity index (χ4v) is 3.88. The molecule has 1 nitrogen and oxygen atoms in total. The molecule has 0 radical (unpaired) electrons. The molecule has 1 saturated carbocycles. The minimum Gasteiger partial charge on any atom is -0.314 e. The van der Waals surface area contributed by atoms with Gasteiger partial charge in [-0.3, -0.25) is 0 Å². The Labute approximate surface area is 133 Å². The van der Waals surface area contributed by atoms with Crippen molar-refractivity contribution in [1.29, 1.82) is 0 Å². The van der Waals surface area contributed by atoms with Crippen molar-refractivity contribution in [2.24, 2.45) is 11.8 Å². The van der Waals surface area contributed by atoms with E-state index < -0.39 is 0 Å². The second-order valence-electron chi connectivity index (χ2n) is 6.34. The van der Waals surface area contributed by atoms with Crippen molar-refractivity contribution in [1.82, 2.24) is 5.32 Å². The molecule has 0 bridgehead atoms. The van der Waals surface area contributed by atoms with Crippen LogP contribution in [0.3, 0.4) is 0 Å². The quantitative estimate of drug-likeness (QED) is 0.760. The van der Waals surface area contributed by atoms with Crippen LogP contribution in [0.5, 0.6) is 0 Å². The van der Waals surface area contributed by atoms with Crippen LogP contribution in [0.1, 0.15) is 51.5 Å². The largest absolute Gasteiger partial charge is 0.314 e. The Balaban J connectivity index is 2.05. The molecule has 0 spiro atoms. The van der Waals surface area contributed by atoms with Crippen LogP contribution >= 0.6 is 11.6 Å². The third kappa shape index (κ3) is 4.69. The molecule has 3 unspecified atom stereocenters. The Hall–Kier alpha value is -0.600. The molecule has 3 atom stereocenters. The van der Waals surface area contributed by atoms with Crippen LogP contribution in [0.2, 0.25) is 5.02 Å². The first-order chi connectivity index (χ1) is 10.1. The Morgan fingerprint density at radius 2 is 2.10 bits per heavy atom. The zero-order valence-corrected chi connectivity index (χ0v) is 13.9. The molecule has 118 valence electrons. The second-order valence-corrected chi connectivity index (χ2v) is 6.75. The molecule has 0 amide bonds. The normalized spacial score (nSPS) is 26.0. The maximum atomic E-state index is 13.6. The fourth-order valence-electron chi connectivity index (χ4n) is 3.76. The van der Waals surface area contributed by atoms with Crippen LogP contribution in [0.25, 0.3) is 0 Å². The van der Waals surface area contributed by atoms with E-state index in [1.165, 1.54) is 32.1 Å². The summed E-state index contributed by atoms with van der Waals surface area (Å²) in [5.74, 6) is 1.15. The molecule has 0 aliphatic heterocycles. The SMILES string of the molecule is CCCC1CCC(NCC)C(Cc2ccc(Cl)c(F)c2)C1. The Morgan fingerprint density at radius 3 is 2.76 bits per heavy atom. The van der Waals surface area contributed by atoms with Crippen molar-refractivity contribution in [2.45, 2.75) is 58.4 Å². The van der Waals surface area contributed by atoms with E-state index in [0.717, 1.165) is 24.4 Å². The summed E-state index contributed by atoms with van der Waals surface area (Å²) in [6.07, 6.45) is 7.38. The van der Waals surface area contributed by atoms with Gasteiger partial charge in [-0.15, -0.1) is 0 Å². The smallest absolute Gasteiger partial charge is 0.142 e. The maximum Gasteiger partial charge on any atom is 0.142 e. The van der Waals surface area contributed by atoms with Gasteiger partial charge in [0.25, 0.3) is 0 Å². The number of nitrogens with one attached hydrogen (secondary N) is 1. The molecule has 0 heterocycles. The van der Waals surface area contributed by atoms with E-state index in [1.807, 2.05) is 6.07 Å². The lowest BCUT2D eigenvalue weighted by Gasteiger charge is -2.37. The molecule has 1 aromatic carbocycles. The number of rotatable bonds is 6. The zero-order valence-electron chi connectivity index (χ0n) is 13.2. The van der Waals surface area contributed by atoms with Crippen LogP contribution in [0.4, 0.5) is 4.39 Å². The number of halogens is 2. The van der Waals surface area contributed by atoms with Crippen molar-refractivity contribution in [2.75, 3.05) is 6.54 Å². The summed E-state index contributed by atoms with van der Waals surface area (Å²) in [7, 11) is 0. The Kier molecular flexibility index (Phi) is 6.50. The van der Waals surface area contributed by atoms with Crippen molar-refractivity contribution in [3.63, 3.8) is 0 Å². The second kappa shape index (κ2) is 8.14. The molecule has 1 aliphatic rings. The average Bonchev–Trinajstić information content (AvgIpc) is 2.46. The molecule has 1 fully saturated rings. The third-order valence-corrected chi connectivity index (χ3v) is 5.04. The highest BCUT2D eigenvalue weighted by Gasteiger charge is 2.29. The molecule has 1 aliphatic carbocycles. The predicted octanol–water partition coefficient (Wildman–Crippen LogP) is 5.22. The average molecular weight is 312 g/mol. The van der Waals surface area contributed by atoms with Gasteiger partial charge in [0.05, 0.1) is 5.02 Å². The number of benzene rings is 1. The van der Waals surface area contributed by atoms with Crippen LogP contribution in [0.15, 0.2) is 18.2 Å². The van der Waals surface area contributed by atoms with Gasteiger partial charge in [-0.05, 0) is 61.8 Å². The molecule has 1 aromatic rings. The number of hydrogen-bond donors (Lipinski definition) is 1. The molecular weight excluding hydrogens is 285 g/mol. The summed E-state index contributed by atoms with van der Waals surface area (Å²) in [6.45, 7) is 5.44. The Morgan fingerprint density at radius 1 is 1.29 bits per heavy atom. The van der Waals surface area contributed by atoms with Gasteiger partial charge in [-0.2, -0.15) is 0 Å². The van der Waals surface area contributed by atoms with E-state index in [9.17, 15) is 4.39 Å². The van der Waals surface area contributed by atoms with E-state index in [0.29, 0.717) is 12.0 Å².